The zero-order valence-corrected chi connectivity index (χ0v) is 11.2. The lowest BCUT2D eigenvalue weighted by Gasteiger charge is -2.17. The van der Waals surface area contributed by atoms with Gasteiger partial charge in [0.2, 0.25) is 0 Å². The molecule has 1 atom stereocenters. The number of aryl methyl sites for hydroxylation is 2. The molecule has 104 valence electrons. The number of nitrogens with one attached hydrogen (secondary N) is 1. The number of rotatable bonds is 2. The summed E-state index contributed by atoms with van der Waals surface area (Å²) in [5.74, 6) is -0.822. The highest BCUT2D eigenvalue weighted by atomic mass is 19.1. The van der Waals surface area contributed by atoms with Crippen LogP contribution in [0.25, 0.3) is 0 Å². The Hall–Kier alpha value is -2.10. The van der Waals surface area contributed by atoms with E-state index in [1.54, 1.807) is 6.92 Å². The summed E-state index contributed by atoms with van der Waals surface area (Å²) in [6, 6.07) is 8.18. The fourth-order valence-electron chi connectivity index (χ4n) is 2.73. The molecule has 3 N–H and O–H groups in total. The molecule has 0 aromatic heterocycles. The van der Waals surface area contributed by atoms with E-state index in [1.807, 2.05) is 18.2 Å². The lowest BCUT2D eigenvalue weighted by molar-refractivity contribution is 0.591. The van der Waals surface area contributed by atoms with E-state index in [4.69, 9.17) is 5.73 Å². The van der Waals surface area contributed by atoms with Gasteiger partial charge in [0, 0.05) is 11.8 Å². The van der Waals surface area contributed by atoms with Crippen molar-refractivity contribution >= 4 is 11.4 Å². The highest BCUT2D eigenvalue weighted by Crippen LogP contribution is 2.35. The Balaban J connectivity index is 1.89. The summed E-state index contributed by atoms with van der Waals surface area (Å²) in [5.41, 5.74) is 9.30. The second kappa shape index (κ2) is 4.78. The Morgan fingerprint density at radius 1 is 1.15 bits per heavy atom. The molecule has 0 fully saturated rings. The summed E-state index contributed by atoms with van der Waals surface area (Å²) in [7, 11) is 0. The molecular formula is C16H16F2N2. The maximum Gasteiger partial charge on any atom is 0.146 e. The van der Waals surface area contributed by atoms with Gasteiger partial charge in [-0.2, -0.15) is 0 Å². The summed E-state index contributed by atoms with van der Waals surface area (Å²) < 4.78 is 27.4. The summed E-state index contributed by atoms with van der Waals surface area (Å²) in [4.78, 5) is 0. The Kier molecular flexibility index (Phi) is 3.08. The first-order chi connectivity index (χ1) is 9.54. The van der Waals surface area contributed by atoms with Gasteiger partial charge in [-0.1, -0.05) is 6.07 Å². The van der Waals surface area contributed by atoms with Crippen LogP contribution in [0.1, 0.15) is 29.2 Å². The maximum atomic E-state index is 13.9. The molecule has 4 heteroatoms. The van der Waals surface area contributed by atoms with Crippen molar-refractivity contribution < 1.29 is 8.78 Å². The predicted octanol–water partition coefficient (Wildman–Crippen LogP) is 3.95. The number of hydrogen-bond acceptors (Lipinski definition) is 2. The van der Waals surface area contributed by atoms with Gasteiger partial charge in [0.05, 0.1) is 11.7 Å². The fourth-order valence-corrected chi connectivity index (χ4v) is 2.73. The van der Waals surface area contributed by atoms with Gasteiger partial charge in [0.15, 0.2) is 0 Å². The minimum Gasteiger partial charge on any atom is -0.399 e. The van der Waals surface area contributed by atoms with Crippen molar-refractivity contribution in [2.24, 2.45) is 0 Å². The first kappa shape index (κ1) is 12.9. The first-order valence-electron chi connectivity index (χ1n) is 6.65. The third-order valence-corrected chi connectivity index (χ3v) is 3.82. The van der Waals surface area contributed by atoms with E-state index >= 15 is 0 Å². The summed E-state index contributed by atoms with van der Waals surface area (Å²) in [5, 5.41) is 3.10. The van der Waals surface area contributed by atoms with Crippen LogP contribution in [0.4, 0.5) is 20.2 Å². The van der Waals surface area contributed by atoms with E-state index in [0.717, 1.165) is 24.1 Å². The van der Waals surface area contributed by atoms with Gasteiger partial charge < -0.3 is 11.1 Å². The van der Waals surface area contributed by atoms with Crippen LogP contribution in [0, 0.1) is 18.6 Å². The van der Waals surface area contributed by atoms with Crippen molar-refractivity contribution in [2.45, 2.75) is 25.8 Å². The monoisotopic (exact) mass is 274 g/mol. The van der Waals surface area contributed by atoms with E-state index in [0.29, 0.717) is 5.56 Å². The molecule has 0 saturated heterocycles. The molecule has 0 bridgehead atoms. The number of benzene rings is 2. The van der Waals surface area contributed by atoms with Gasteiger partial charge in [-0.05, 0) is 54.7 Å². The zero-order valence-electron chi connectivity index (χ0n) is 11.2. The quantitative estimate of drug-likeness (QED) is 0.814. The van der Waals surface area contributed by atoms with Crippen LogP contribution in [0.3, 0.4) is 0 Å². The Morgan fingerprint density at radius 3 is 2.75 bits per heavy atom. The van der Waals surface area contributed by atoms with E-state index in [9.17, 15) is 8.78 Å². The van der Waals surface area contributed by atoms with Gasteiger partial charge in [-0.3, -0.25) is 0 Å². The van der Waals surface area contributed by atoms with Crippen LogP contribution >= 0.6 is 0 Å². The molecule has 2 aromatic rings. The van der Waals surface area contributed by atoms with Gasteiger partial charge in [0.1, 0.15) is 11.6 Å². The van der Waals surface area contributed by atoms with Gasteiger partial charge in [0.25, 0.3) is 0 Å². The molecule has 1 unspecified atom stereocenters. The number of hydrogen-bond donors (Lipinski definition) is 2. The van der Waals surface area contributed by atoms with E-state index in [2.05, 4.69) is 5.32 Å². The molecule has 1 aliphatic rings. The average Bonchev–Trinajstić information content (AvgIpc) is 2.78. The molecule has 0 amide bonds. The zero-order chi connectivity index (χ0) is 14.3. The molecular weight excluding hydrogens is 258 g/mol. The number of nitrogen functional groups attached to an aromatic ring is 1. The first-order valence-corrected chi connectivity index (χ1v) is 6.65. The second-order valence-electron chi connectivity index (χ2n) is 5.28. The van der Waals surface area contributed by atoms with Crippen molar-refractivity contribution in [3.63, 3.8) is 0 Å². The molecule has 1 aliphatic carbocycles. The fraction of sp³-hybridized carbons (Fsp3) is 0.250. The topological polar surface area (TPSA) is 38.0 Å². The lowest BCUT2D eigenvalue weighted by atomic mass is 10.1. The van der Waals surface area contributed by atoms with Crippen LogP contribution in [0.15, 0.2) is 30.3 Å². The summed E-state index contributed by atoms with van der Waals surface area (Å²) >= 11 is 0. The SMILES string of the molecule is Cc1cc(F)c(NC2CCc3cc(N)ccc32)cc1F. The summed E-state index contributed by atoms with van der Waals surface area (Å²) in [6.45, 7) is 1.55. The number of fused-ring (bicyclic) bond motifs is 1. The highest BCUT2D eigenvalue weighted by molar-refractivity contribution is 5.53. The average molecular weight is 274 g/mol. The normalized spacial score (nSPS) is 17.1. The highest BCUT2D eigenvalue weighted by Gasteiger charge is 2.23. The predicted molar refractivity (Wildman–Crippen MR) is 76.6 cm³/mol. The Bertz CT molecular complexity index is 668. The minimum absolute atomic E-state index is 0.00204. The largest absolute Gasteiger partial charge is 0.399 e. The molecule has 20 heavy (non-hydrogen) atoms. The second-order valence-corrected chi connectivity index (χ2v) is 5.28. The molecule has 2 aromatic carbocycles. The minimum atomic E-state index is -0.423. The van der Waals surface area contributed by atoms with Gasteiger partial charge in [-0.15, -0.1) is 0 Å². The molecule has 0 saturated carbocycles. The standard InChI is InChI=1S/C16H16F2N2/c1-9-6-14(18)16(8-13(9)17)20-15-5-2-10-7-11(19)3-4-12(10)15/h3-4,6-8,15,20H,2,5,19H2,1H3. The van der Waals surface area contributed by atoms with Crippen molar-refractivity contribution in [3.05, 3.63) is 58.7 Å². The Morgan fingerprint density at radius 2 is 1.95 bits per heavy atom. The van der Waals surface area contributed by atoms with Crippen LogP contribution in [-0.4, -0.2) is 0 Å². The lowest BCUT2D eigenvalue weighted by Crippen LogP contribution is -2.09. The number of halogens is 2. The van der Waals surface area contributed by atoms with Gasteiger partial charge in [-0.25, -0.2) is 8.78 Å². The van der Waals surface area contributed by atoms with E-state index < -0.39 is 11.6 Å². The van der Waals surface area contributed by atoms with Crippen LogP contribution in [0.2, 0.25) is 0 Å². The molecule has 0 heterocycles. The van der Waals surface area contributed by atoms with Crippen molar-refractivity contribution in [3.8, 4) is 0 Å². The van der Waals surface area contributed by atoms with Crippen LogP contribution in [0.5, 0.6) is 0 Å². The van der Waals surface area contributed by atoms with Gasteiger partial charge >= 0.3 is 0 Å². The van der Waals surface area contributed by atoms with Crippen LogP contribution in [-0.2, 0) is 6.42 Å². The maximum absolute atomic E-state index is 13.9. The van der Waals surface area contributed by atoms with Crippen molar-refractivity contribution in [2.75, 3.05) is 11.1 Å². The molecule has 0 spiro atoms. The molecule has 0 radical (unpaired) electrons. The molecule has 2 nitrogen and oxygen atoms in total. The molecule has 3 rings (SSSR count). The van der Waals surface area contributed by atoms with Crippen molar-refractivity contribution in [1.82, 2.24) is 0 Å². The smallest absolute Gasteiger partial charge is 0.146 e. The third kappa shape index (κ3) is 2.22. The summed E-state index contributed by atoms with van der Waals surface area (Å²) in [6.07, 6.45) is 1.75. The van der Waals surface area contributed by atoms with E-state index in [-0.39, 0.29) is 11.7 Å². The van der Waals surface area contributed by atoms with Crippen LogP contribution < -0.4 is 11.1 Å². The number of anilines is 2. The Labute approximate surface area is 116 Å². The molecule has 0 aliphatic heterocycles. The van der Waals surface area contributed by atoms with Crippen molar-refractivity contribution in [1.29, 1.82) is 0 Å². The third-order valence-electron chi connectivity index (χ3n) is 3.82. The van der Waals surface area contributed by atoms with E-state index in [1.165, 1.54) is 17.7 Å². The number of nitrogens with two attached hydrogens (primary N) is 1.